The fraction of sp³-hybridized carbons (Fsp3) is 0.822. The number of hydrogen-bond donors (Lipinski definition) is 5. The van der Waals surface area contributed by atoms with Gasteiger partial charge in [0, 0.05) is 71.6 Å². The Morgan fingerprint density at radius 1 is 1.02 bits per heavy atom. The Labute approximate surface area is 380 Å². The van der Waals surface area contributed by atoms with Crippen molar-refractivity contribution >= 4 is 39.2 Å². The zero-order valence-corrected chi connectivity index (χ0v) is 42.5. The summed E-state index contributed by atoms with van der Waals surface area (Å²) in [6.07, 6.45) is -2.00. The van der Waals surface area contributed by atoms with Crippen LogP contribution in [0.2, 0.25) is 0 Å². The molecule has 15 nitrogen and oxygen atoms in total. The molecule has 1 spiro atoms. The monoisotopic (exact) mass is 1060 g/mol. The molecule has 6 rings (SSSR count). The predicted octanol–water partition coefficient (Wildman–Crippen LogP) is 4.69. The zero-order chi connectivity index (χ0) is 44.5. The average Bonchev–Trinajstić information content (AvgIpc) is 3.93. The van der Waals surface area contributed by atoms with Gasteiger partial charge in [0.05, 0.1) is 67.1 Å². The fourth-order valence-electron chi connectivity index (χ4n) is 11.4. The summed E-state index contributed by atoms with van der Waals surface area (Å²) < 4.78 is 51.4. The molecular weight excluding hydrogens is 985 g/mol. The number of rotatable bonds is 13. The van der Waals surface area contributed by atoms with E-state index in [4.69, 9.17) is 37.9 Å². The predicted molar refractivity (Wildman–Crippen MR) is 222 cm³/mol. The van der Waals surface area contributed by atoms with Gasteiger partial charge in [-0.2, -0.15) is 0 Å². The Morgan fingerprint density at radius 3 is 2.28 bits per heavy atom. The summed E-state index contributed by atoms with van der Waals surface area (Å²) in [7, 11) is 3.08. The van der Waals surface area contributed by atoms with Crippen LogP contribution in [0.5, 0.6) is 11.5 Å². The van der Waals surface area contributed by atoms with Crippen molar-refractivity contribution in [2.75, 3.05) is 14.2 Å². The molecule has 5 saturated heterocycles. The first-order chi connectivity index (χ1) is 27.9. The van der Waals surface area contributed by atoms with Crippen molar-refractivity contribution in [2.45, 2.75) is 197 Å². The van der Waals surface area contributed by atoms with E-state index in [0.717, 1.165) is 19.8 Å². The van der Waals surface area contributed by atoms with E-state index in [1.54, 1.807) is 27.9 Å². The smallest absolute Gasteiger partial charge is 0.342 e. The van der Waals surface area contributed by atoms with Gasteiger partial charge in [-0.3, -0.25) is 0 Å². The molecular formula is C45H70O15Tl. The number of methoxy groups -OCH3 is 2. The number of hydrogen-bond acceptors (Lipinski definition) is 14. The second kappa shape index (κ2) is 18.3. The summed E-state index contributed by atoms with van der Waals surface area (Å²) >= 11 is 0. The van der Waals surface area contributed by atoms with Gasteiger partial charge in [0.1, 0.15) is 28.8 Å². The van der Waals surface area contributed by atoms with Crippen molar-refractivity contribution in [1.82, 2.24) is 0 Å². The molecule has 0 aliphatic carbocycles. The number of carbonyl (C=O) groups excluding carboxylic acids is 1. The van der Waals surface area contributed by atoms with Gasteiger partial charge < -0.3 is 63.4 Å². The number of aliphatic carboxylic acids is 1. The number of esters is 1. The van der Waals surface area contributed by atoms with Crippen LogP contribution in [-0.4, -0.2) is 162 Å². The Balaban J connectivity index is 0.00000704. The third-order valence-electron chi connectivity index (χ3n) is 15.0. The number of carboxylic acids is 1. The molecule has 61 heavy (non-hydrogen) atoms. The van der Waals surface area contributed by atoms with E-state index in [9.17, 15) is 35.1 Å². The SMILES string of the molecule is CCC(O)C1(C)CC(C)C(C2CC(C)C(C3(C)OC(C4(C)CCC5(CC(O)C(C)C(C(C)C(OC(=O)c6c(C)cc(OC)cc6O)C(C)(O)C(=O)O)O5)O4)CC3OC)O2)O1.[Tl]. The topological polar surface area (TPSA) is 209 Å². The number of carbonyl (C=O) groups is 2. The number of aliphatic hydroxyl groups excluding tert-OH is 2. The minimum absolute atomic E-state index is 0. The van der Waals surface area contributed by atoms with Crippen LogP contribution in [0.1, 0.15) is 123 Å². The number of aromatic hydroxyl groups is 1. The molecule has 1 aromatic rings. The van der Waals surface area contributed by atoms with Gasteiger partial charge in [0.25, 0.3) is 0 Å². The maximum atomic E-state index is 13.7. The molecule has 5 heterocycles. The van der Waals surface area contributed by atoms with E-state index < -0.39 is 88.2 Å². The maximum Gasteiger partial charge on any atom is 0.342 e. The van der Waals surface area contributed by atoms with Gasteiger partial charge in [-0.15, -0.1) is 0 Å². The van der Waals surface area contributed by atoms with E-state index in [1.165, 1.54) is 19.2 Å². The first-order valence-electron chi connectivity index (χ1n) is 21.7. The number of aryl methyl sites for hydroxylation is 1. The number of benzene rings is 1. The molecule has 0 saturated carbocycles. The molecule has 343 valence electrons. The van der Waals surface area contributed by atoms with Crippen LogP contribution in [0.3, 0.4) is 0 Å². The molecule has 18 atom stereocenters. The quantitative estimate of drug-likeness (QED) is 0.134. The molecule has 0 aromatic heterocycles. The summed E-state index contributed by atoms with van der Waals surface area (Å²) in [4.78, 5) is 26.2. The average molecular weight is 1060 g/mol. The molecule has 1 aromatic carbocycles. The van der Waals surface area contributed by atoms with Gasteiger partial charge in [0.15, 0.2) is 11.4 Å². The molecule has 5 aliphatic heterocycles. The summed E-state index contributed by atoms with van der Waals surface area (Å²) in [5, 5.41) is 54.7. The maximum absolute atomic E-state index is 13.7. The molecule has 1 radical (unpaired) electrons. The number of carboxylic acid groups (broad SMARTS) is 1. The van der Waals surface area contributed by atoms with Gasteiger partial charge in [0.2, 0.25) is 0 Å². The number of ether oxygens (including phenoxy) is 8. The van der Waals surface area contributed by atoms with Crippen LogP contribution in [0.15, 0.2) is 12.1 Å². The van der Waals surface area contributed by atoms with Crippen molar-refractivity contribution in [2.24, 2.45) is 23.7 Å². The Bertz CT molecular complexity index is 1720. The third-order valence-corrected chi connectivity index (χ3v) is 15.0. The van der Waals surface area contributed by atoms with Crippen LogP contribution in [-0.2, 0) is 38.0 Å². The van der Waals surface area contributed by atoms with E-state index in [-0.39, 0.29) is 75.5 Å². The molecule has 16 heteroatoms. The summed E-state index contributed by atoms with van der Waals surface area (Å²) in [6, 6.07) is 2.76. The van der Waals surface area contributed by atoms with Gasteiger partial charge >= 0.3 is 11.9 Å². The van der Waals surface area contributed by atoms with E-state index >= 15 is 0 Å². The van der Waals surface area contributed by atoms with Crippen LogP contribution >= 0.6 is 0 Å². The first kappa shape index (κ1) is 50.3. The molecule has 0 bridgehead atoms. The van der Waals surface area contributed by atoms with Gasteiger partial charge in [-0.1, -0.05) is 34.6 Å². The van der Waals surface area contributed by atoms with Gasteiger partial charge in [-0.25, -0.2) is 9.59 Å². The van der Waals surface area contributed by atoms with E-state index in [2.05, 4.69) is 13.8 Å². The normalized spacial score (nSPS) is 42.4. The molecule has 5 aliphatic rings. The van der Waals surface area contributed by atoms with Crippen molar-refractivity contribution in [1.29, 1.82) is 0 Å². The number of aliphatic hydroxyl groups is 3. The fourth-order valence-corrected chi connectivity index (χ4v) is 11.4. The van der Waals surface area contributed by atoms with E-state index in [0.29, 0.717) is 37.0 Å². The molecule has 5 fully saturated rings. The minimum Gasteiger partial charge on any atom is -0.507 e. The Hall–Kier alpha value is -1.68. The van der Waals surface area contributed by atoms with Crippen molar-refractivity contribution in [3.63, 3.8) is 0 Å². The minimum atomic E-state index is -2.59. The second-order valence-corrected chi connectivity index (χ2v) is 19.6. The third kappa shape index (κ3) is 9.13. The van der Waals surface area contributed by atoms with Crippen LogP contribution in [0.4, 0.5) is 0 Å². The second-order valence-electron chi connectivity index (χ2n) is 19.6. The zero-order valence-electron chi connectivity index (χ0n) is 38.0. The van der Waals surface area contributed by atoms with Crippen LogP contribution in [0, 0.1) is 30.6 Å². The summed E-state index contributed by atoms with van der Waals surface area (Å²) in [5.41, 5.74) is -4.87. The number of phenols is 1. The number of phenolic OH excluding ortho intramolecular Hbond substituents is 1. The summed E-state index contributed by atoms with van der Waals surface area (Å²) in [5.74, 6) is -5.40. The van der Waals surface area contributed by atoms with Crippen LogP contribution < -0.4 is 4.74 Å². The Morgan fingerprint density at radius 2 is 1.69 bits per heavy atom. The van der Waals surface area contributed by atoms with Crippen molar-refractivity contribution in [3.8, 4) is 11.5 Å². The van der Waals surface area contributed by atoms with Crippen LogP contribution in [0.25, 0.3) is 0 Å². The molecule has 18 unspecified atom stereocenters. The molecule has 0 amide bonds. The summed E-state index contributed by atoms with van der Waals surface area (Å²) in [6.45, 7) is 18.2. The largest absolute Gasteiger partial charge is 0.507 e. The van der Waals surface area contributed by atoms with Crippen molar-refractivity contribution in [3.05, 3.63) is 23.3 Å². The first-order valence-corrected chi connectivity index (χ1v) is 21.7. The Kier molecular flexibility index (Phi) is 15.1. The van der Waals surface area contributed by atoms with E-state index in [1.807, 2.05) is 27.7 Å². The van der Waals surface area contributed by atoms with Crippen molar-refractivity contribution < 1.29 is 73.0 Å². The standard InChI is InChI=1S/C45H70O15.Tl/c1-13-31(48)42(8)20-24(4)35(58-42)30-17-23(3)37(55-30)44(10)33(54-12)19-32(57-44)41(7)14-15-45(60-41)21-29(47)25(5)36(59-45)26(6)38(43(9,52)40(50)51)56-39(49)34-22(2)16-27(53-11)18-28(34)46;/h16,18,23-26,29-33,35-38,46-48,52H,13-15,17,19-21H2,1-12H3,(H,50,51);. The van der Waals surface area contributed by atoms with Gasteiger partial charge in [-0.05, 0) is 83.8 Å². The molecule has 5 N–H and O–H groups in total.